The van der Waals surface area contributed by atoms with Crippen LogP contribution in [0.1, 0.15) is 11.8 Å². The summed E-state index contributed by atoms with van der Waals surface area (Å²) in [6.45, 7) is 0.167. The van der Waals surface area contributed by atoms with Crippen molar-refractivity contribution in [2.45, 2.75) is 6.54 Å². The fourth-order valence-corrected chi connectivity index (χ4v) is 0.445. The molecule has 0 unspecified atom stereocenters. The number of hydrogen-bond donors (Lipinski definition) is 3. The van der Waals surface area contributed by atoms with Gasteiger partial charge in [0.15, 0.2) is 5.84 Å². The molecule has 0 aliphatic heterocycles. The average Bonchev–Trinajstić information content (AvgIpc) is 2.34. The van der Waals surface area contributed by atoms with Crippen LogP contribution in [-0.2, 0) is 6.54 Å². The van der Waals surface area contributed by atoms with Crippen molar-refractivity contribution in [1.82, 2.24) is 10.2 Å². The van der Waals surface area contributed by atoms with E-state index in [-0.39, 0.29) is 24.2 Å². The number of amidine groups is 1. The lowest BCUT2D eigenvalue weighted by Crippen LogP contribution is -2.11. The molecule has 0 amide bonds. The lowest BCUT2D eigenvalue weighted by molar-refractivity contribution is 0.487. The molecule has 0 aliphatic rings. The lowest BCUT2D eigenvalue weighted by Gasteiger charge is -1.84. The molecule has 1 aromatic rings. The van der Waals surface area contributed by atoms with Crippen LogP contribution in [0.25, 0.3) is 0 Å². The van der Waals surface area contributed by atoms with Crippen LogP contribution in [0.3, 0.4) is 0 Å². The second kappa shape index (κ2) is 2.44. The van der Waals surface area contributed by atoms with Crippen LogP contribution in [0.2, 0.25) is 0 Å². The van der Waals surface area contributed by atoms with Crippen LogP contribution >= 0.6 is 0 Å². The Hall–Kier alpha value is -1.43. The van der Waals surface area contributed by atoms with Crippen LogP contribution in [0.4, 0.5) is 0 Å². The second-order valence-corrected chi connectivity index (χ2v) is 1.62. The monoisotopic (exact) mass is 141 g/mol. The summed E-state index contributed by atoms with van der Waals surface area (Å²) in [6.07, 6.45) is 0. The summed E-state index contributed by atoms with van der Waals surface area (Å²) in [4.78, 5) is 0. The van der Waals surface area contributed by atoms with Crippen molar-refractivity contribution in [1.29, 1.82) is 5.41 Å². The molecule has 6 nitrogen and oxygen atoms in total. The van der Waals surface area contributed by atoms with E-state index in [2.05, 4.69) is 10.2 Å². The Morgan fingerprint density at radius 3 is 2.60 bits per heavy atom. The van der Waals surface area contributed by atoms with Gasteiger partial charge >= 0.3 is 0 Å². The van der Waals surface area contributed by atoms with E-state index in [1.807, 2.05) is 0 Å². The van der Waals surface area contributed by atoms with Gasteiger partial charge in [0, 0.05) is 0 Å². The van der Waals surface area contributed by atoms with E-state index in [4.69, 9.17) is 21.3 Å². The van der Waals surface area contributed by atoms with Gasteiger partial charge in [0.1, 0.15) is 0 Å². The summed E-state index contributed by atoms with van der Waals surface area (Å²) in [5, 5.41) is 13.8. The summed E-state index contributed by atoms with van der Waals surface area (Å²) in [6, 6.07) is 0. The predicted octanol–water partition coefficient (Wildman–Crippen LogP) is -1.19. The normalized spacial score (nSPS) is 9.70. The Labute approximate surface area is 56.7 Å². The fourth-order valence-electron chi connectivity index (χ4n) is 0.445. The number of nitrogens with two attached hydrogens (primary N) is 2. The summed E-state index contributed by atoms with van der Waals surface area (Å²) in [7, 11) is 0. The minimum atomic E-state index is -0.243. The molecule has 10 heavy (non-hydrogen) atoms. The standard InChI is InChI=1S/C4H7N5O/c5-1-2-8-9-4(10-2)3(6)7/h1,5H2,(H3,6,7). The van der Waals surface area contributed by atoms with Gasteiger partial charge < -0.3 is 15.9 Å². The van der Waals surface area contributed by atoms with Crippen molar-refractivity contribution < 1.29 is 4.42 Å². The summed E-state index contributed by atoms with van der Waals surface area (Å²) in [5.41, 5.74) is 10.2. The molecule has 0 spiro atoms. The first-order chi connectivity index (χ1) is 4.74. The van der Waals surface area contributed by atoms with E-state index >= 15 is 0 Å². The molecule has 1 aromatic heterocycles. The minimum Gasteiger partial charge on any atom is -0.417 e. The quantitative estimate of drug-likeness (QED) is 0.354. The molecule has 1 rings (SSSR count). The highest BCUT2D eigenvalue weighted by atomic mass is 16.4. The van der Waals surface area contributed by atoms with Crippen molar-refractivity contribution in [3.63, 3.8) is 0 Å². The molecule has 0 aromatic carbocycles. The highest BCUT2D eigenvalue weighted by Crippen LogP contribution is 1.95. The zero-order valence-corrected chi connectivity index (χ0v) is 5.16. The van der Waals surface area contributed by atoms with Gasteiger partial charge in [-0.2, -0.15) is 0 Å². The Morgan fingerprint density at radius 2 is 2.30 bits per heavy atom. The molecule has 1 heterocycles. The number of aromatic nitrogens is 2. The van der Waals surface area contributed by atoms with Gasteiger partial charge in [-0.05, 0) is 0 Å². The Balaban J connectivity index is 2.88. The highest BCUT2D eigenvalue weighted by Gasteiger charge is 2.05. The zero-order valence-electron chi connectivity index (χ0n) is 5.16. The van der Waals surface area contributed by atoms with E-state index < -0.39 is 0 Å². The highest BCUT2D eigenvalue weighted by molar-refractivity contribution is 5.90. The molecule has 0 bridgehead atoms. The Kier molecular flexibility index (Phi) is 1.63. The maximum atomic E-state index is 6.86. The summed E-state index contributed by atoms with van der Waals surface area (Å²) in [5.74, 6) is 0.0536. The third-order valence-corrected chi connectivity index (χ3v) is 0.872. The Bertz CT molecular complexity index is 242. The lowest BCUT2D eigenvalue weighted by atomic mass is 10.6. The second-order valence-electron chi connectivity index (χ2n) is 1.62. The van der Waals surface area contributed by atoms with E-state index in [1.165, 1.54) is 0 Å². The molecular weight excluding hydrogens is 134 g/mol. The van der Waals surface area contributed by atoms with Crippen LogP contribution in [0.5, 0.6) is 0 Å². The van der Waals surface area contributed by atoms with E-state index in [1.54, 1.807) is 0 Å². The topological polar surface area (TPSA) is 115 Å². The molecule has 0 radical (unpaired) electrons. The summed E-state index contributed by atoms with van der Waals surface area (Å²) < 4.78 is 4.80. The van der Waals surface area contributed by atoms with Gasteiger partial charge in [-0.3, -0.25) is 5.41 Å². The number of hydrogen-bond acceptors (Lipinski definition) is 5. The number of nitrogens with one attached hydrogen (secondary N) is 1. The number of nitrogens with zero attached hydrogens (tertiary/aromatic N) is 2. The SMILES string of the molecule is N=C(N)c1nnc(CN)o1. The number of nitrogen functional groups attached to an aromatic ring is 1. The van der Waals surface area contributed by atoms with Crippen molar-refractivity contribution in [3.8, 4) is 0 Å². The van der Waals surface area contributed by atoms with Gasteiger partial charge in [0.25, 0.3) is 5.89 Å². The molecule has 0 aliphatic carbocycles. The fraction of sp³-hybridized carbons (Fsp3) is 0.250. The van der Waals surface area contributed by atoms with Crippen LogP contribution < -0.4 is 11.5 Å². The molecule has 5 N–H and O–H groups in total. The first-order valence-electron chi connectivity index (χ1n) is 2.61. The van der Waals surface area contributed by atoms with Crippen molar-refractivity contribution in [3.05, 3.63) is 11.8 Å². The molecule has 6 heteroatoms. The van der Waals surface area contributed by atoms with Gasteiger partial charge in [-0.25, -0.2) is 0 Å². The van der Waals surface area contributed by atoms with Gasteiger partial charge in [0.2, 0.25) is 5.89 Å². The molecule has 0 atom stereocenters. The van der Waals surface area contributed by atoms with Crippen molar-refractivity contribution >= 4 is 5.84 Å². The van der Waals surface area contributed by atoms with Crippen LogP contribution in [-0.4, -0.2) is 16.0 Å². The number of rotatable bonds is 2. The maximum Gasteiger partial charge on any atom is 0.282 e. The molecule has 0 saturated carbocycles. The van der Waals surface area contributed by atoms with Gasteiger partial charge in [-0.1, -0.05) is 0 Å². The Morgan fingerprint density at radius 1 is 1.60 bits per heavy atom. The predicted molar refractivity (Wildman–Crippen MR) is 33.2 cm³/mol. The van der Waals surface area contributed by atoms with Crippen LogP contribution in [0.15, 0.2) is 4.42 Å². The van der Waals surface area contributed by atoms with E-state index in [0.29, 0.717) is 0 Å². The van der Waals surface area contributed by atoms with Crippen LogP contribution in [0, 0.1) is 5.41 Å². The summed E-state index contributed by atoms with van der Waals surface area (Å²) >= 11 is 0. The van der Waals surface area contributed by atoms with Gasteiger partial charge in [0.05, 0.1) is 6.54 Å². The maximum absolute atomic E-state index is 6.86. The third kappa shape index (κ3) is 1.11. The minimum absolute atomic E-state index is 0.0143. The average molecular weight is 141 g/mol. The van der Waals surface area contributed by atoms with Crippen molar-refractivity contribution in [2.75, 3.05) is 0 Å². The molecular formula is C4H7N5O. The third-order valence-electron chi connectivity index (χ3n) is 0.872. The molecule has 54 valence electrons. The largest absolute Gasteiger partial charge is 0.417 e. The first-order valence-corrected chi connectivity index (χ1v) is 2.61. The molecule has 0 saturated heterocycles. The smallest absolute Gasteiger partial charge is 0.282 e. The molecule has 0 fully saturated rings. The van der Waals surface area contributed by atoms with Gasteiger partial charge in [-0.15, -0.1) is 10.2 Å². The zero-order chi connectivity index (χ0) is 7.56. The van der Waals surface area contributed by atoms with E-state index in [9.17, 15) is 0 Å². The van der Waals surface area contributed by atoms with Crippen molar-refractivity contribution in [2.24, 2.45) is 11.5 Å². The first kappa shape index (κ1) is 6.69. The van der Waals surface area contributed by atoms with E-state index in [0.717, 1.165) is 0 Å².